The third-order valence-corrected chi connectivity index (χ3v) is 3.58. The Kier molecular flexibility index (Phi) is 4.24. The molecule has 7 nitrogen and oxygen atoms in total. The van der Waals surface area contributed by atoms with Crippen molar-refractivity contribution in [2.75, 3.05) is 19.5 Å². The van der Waals surface area contributed by atoms with Gasteiger partial charge in [0.2, 0.25) is 6.23 Å². The van der Waals surface area contributed by atoms with Gasteiger partial charge < -0.3 is 19.5 Å². The van der Waals surface area contributed by atoms with E-state index in [2.05, 4.69) is 10.6 Å². The van der Waals surface area contributed by atoms with Crippen LogP contribution in [0.5, 0.6) is 11.5 Å². The van der Waals surface area contributed by atoms with Crippen molar-refractivity contribution in [2.24, 2.45) is 0 Å². The Labute approximate surface area is 138 Å². The van der Waals surface area contributed by atoms with Crippen LogP contribution in [0, 0.1) is 0 Å². The third kappa shape index (κ3) is 2.83. The van der Waals surface area contributed by atoms with Gasteiger partial charge in [-0.1, -0.05) is 18.2 Å². The number of benzene rings is 2. The molecular formula is C17H16N2O5. The predicted molar refractivity (Wildman–Crippen MR) is 86.3 cm³/mol. The molecule has 2 N–H and O–H groups in total. The van der Waals surface area contributed by atoms with E-state index in [1.807, 2.05) is 6.07 Å². The molecule has 2 amide bonds. The lowest BCUT2D eigenvalue weighted by Gasteiger charge is -2.14. The first-order chi connectivity index (χ1) is 11.6. The molecule has 1 aliphatic heterocycles. The second kappa shape index (κ2) is 6.49. The summed E-state index contributed by atoms with van der Waals surface area (Å²) in [5.74, 6) is 0.126. The number of esters is 1. The number of rotatable bonds is 4. The molecule has 0 aliphatic carbocycles. The Morgan fingerprint density at radius 2 is 1.83 bits per heavy atom. The van der Waals surface area contributed by atoms with E-state index in [0.717, 1.165) is 0 Å². The molecule has 0 unspecified atom stereocenters. The number of hydrogen-bond donors (Lipinski definition) is 2. The SMILES string of the molecule is COc1ccc2c(c1OC)C(=O)O[C@@H]2NC(=O)Nc1ccccc1. The number of carbonyl (C=O) groups excluding carboxylic acids is 2. The van der Waals surface area contributed by atoms with Gasteiger partial charge in [0.25, 0.3) is 0 Å². The molecule has 124 valence electrons. The fraction of sp³-hybridized carbons (Fsp3) is 0.176. The van der Waals surface area contributed by atoms with E-state index < -0.39 is 18.2 Å². The second-order valence-electron chi connectivity index (χ2n) is 5.02. The number of amides is 2. The van der Waals surface area contributed by atoms with Crippen LogP contribution < -0.4 is 20.1 Å². The number of nitrogens with one attached hydrogen (secondary N) is 2. The summed E-state index contributed by atoms with van der Waals surface area (Å²) in [5.41, 5.74) is 1.40. The van der Waals surface area contributed by atoms with Gasteiger partial charge >= 0.3 is 12.0 Å². The van der Waals surface area contributed by atoms with Gasteiger partial charge in [0.05, 0.1) is 14.2 Å². The molecule has 2 aromatic carbocycles. The predicted octanol–water partition coefficient (Wildman–Crippen LogP) is 2.69. The van der Waals surface area contributed by atoms with E-state index in [0.29, 0.717) is 17.0 Å². The molecule has 1 aliphatic rings. The number of methoxy groups -OCH3 is 2. The maximum Gasteiger partial charge on any atom is 0.344 e. The summed E-state index contributed by atoms with van der Waals surface area (Å²) in [4.78, 5) is 24.2. The molecule has 1 atom stereocenters. The Bertz CT molecular complexity index is 776. The zero-order chi connectivity index (χ0) is 17.1. The van der Waals surface area contributed by atoms with E-state index >= 15 is 0 Å². The number of carbonyl (C=O) groups is 2. The molecule has 0 aromatic heterocycles. The van der Waals surface area contributed by atoms with Crippen LogP contribution in [-0.4, -0.2) is 26.2 Å². The largest absolute Gasteiger partial charge is 0.493 e. The average Bonchev–Trinajstić information content (AvgIpc) is 2.90. The van der Waals surface area contributed by atoms with Crippen LogP contribution >= 0.6 is 0 Å². The molecule has 2 aromatic rings. The van der Waals surface area contributed by atoms with Crippen LogP contribution in [0.1, 0.15) is 22.1 Å². The minimum Gasteiger partial charge on any atom is -0.493 e. The molecule has 0 radical (unpaired) electrons. The van der Waals surface area contributed by atoms with Gasteiger partial charge in [0, 0.05) is 11.3 Å². The number of cyclic esters (lactones) is 1. The standard InChI is InChI=1S/C17H16N2O5/c1-22-12-9-8-11-13(14(12)23-2)16(20)24-15(11)19-17(21)18-10-6-4-3-5-7-10/h3-9,15H,1-2H3,(H2,18,19,21)/t15-/m0/s1. The molecule has 0 fully saturated rings. The first kappa shape index (κ1) is 15.7. The lowest BCUT2D eigenvalue weighted by atomic mass is 10.1. The highest BCUT2D eigenvalue weighted by Gasteiger charge is 2.36. The fourth-order valence-corrected chi connectivity index (χ4v) is 2.52. The summed E-state index contributed by atoms with van der Waals surface area (Å²) in [6.45, 7) is 0. The fourth-order valence-electron chi connectivity index (χ4n) is 2.52. The van der Waals surface area contributed by atoms with Gasteiger partial charge in [-0.3, -0.25) is 5.32 Å². The topological polar surface area (TPSA) is 85.9 Å². The Morgan fingerprint density at radius 1 is 1.08 bits per heavy atom. The van der Waals surface area contributed by atoms with Gasteiger partial charge in [-0.25, -0.2) is 9.59 Å². The van der Waals surface area contributed by atoms with Crippen molar-refractivity contribution in [2.45, 2.75) is 6.23 Å². The molecule has 3 rings (SSSR count). The summed E-state index contributed by atoms with van der Waals surface area (Å²) in [6.07, 6.45) is -0.893. The zero-order valence-corrected chi connectivity index (χ0v) is 13.2. The molecule has 0 saturated carbocycles. The van der Waals surface area contributed by atoms with E-state index in [1.165, 1.54) is 14.2 Å². The Balaban J connectivity index is 1.81. The second-order valence-corrected chi connectivity index (χ2v) is 5.02. The Hall–Kier alpha value is -3.22. The quantitative estimate of drug-likeness (QED) is 0.843. The van der Waals surface area contributed by atoms with Gasteiger partial charge in [-0.15, -0.1) is 0 Å². The van der Waals surface area contributed by atoms with Crippen LogP contribution in [0.2, 0.25) is 0 Å². The summed E-state index contributed by atoms with van der Waals surface area (Å²) < 4.78 is 15.7. The first-order valence-electron chi connectivity index (χ1n) is 7.22. The van der Waals surface area contributed by atoms with E-state index in [-0.39, 0.29) is 11.3 Å². The van der Waals surface area contributed by atoms with Crippen molar-refractivity contribution < 1.29 is 23.8 Å². The van der Waals surface area contributed by atoms with Gasteiger partial charge in [-0.05, 0) is 24.3 Å². The van der Waals surface area contributed by atoms with Gasteiger partial charge in [0.1, 0.15) is 5.56 Å². The lowest BCUT2D eigenvalue weighted by Crippen LogP contribution is -2.32. The van der Waals surface area contributed by atoms with Crippen molar-refractivity contribution in [1.82, 2.24) is 5.32 Å². The first-order valence-corrected chi connectivity index (χ1v) is 7.22. The molecule has 0 saturated heterocycles. The summed E-state index contributed by atoms with van der Waals surface area (Å²) in [5, 5.41) is 5.28. The maximum atomic E-state index is 12.1. The highest BCUT2D eigenvalue weighted by molar-refractivity contribution is 5.99. The van der Waals surface area contributed by atoms with Crippen molar-refractivity contribution in [3.05, 3.63) is 53.6 Å². The van der Waals surface area contributed by atoms with Crippen molar-refractivity contribution >= 4 is 17.7 Å². The van der Waals surface area contributed by atoms with Crippen LogP contribution in [0.4, 0.5) is 10.5 Å². The molecule has 24 heavy (non-hydrogen) atoms. The minimum atomic E-state index is -0.893. The number of para-hydroxylation sites is 1. The van der Waals surface area contributed by atoms with E-state index in [1.54, 1.807) is 36.4 Å². The average molecular weight is 328 g/mol. The highest BCUT2D eigenvalue weighted by atomic mass is 16.6. The van der Waals surface area contributed by atoms with Crippen LogP contribution in [0.3, 0.4) is 0 Å². The lowest BCUT2D eigenvalue weighted by molar-refractivity contribution is 0.0340. The number of ether oxygens (including phenoxy) is 3. The zero-order valence-electron chi connectivity index (χ0n) is 13.2. The molecule has 0 spiro atoms. The third-order valence-electron chi connectivity index (χ3n) is 3.58. The number of fused-ring (bicyclic) bond motifs is 1. The summed E-state index contributed by atoms with van der Waals surface area (Å²) in [7, 11) is 2.92. The normalized spacial score (nSPS) is 15.2. The molecular weight excluding hydrogens is 312 g/mol. The Morgan fingerprint density at radius 3 is 2.50 bits per heavy atom. The van der Waals surface area contributed by atoms with E-state index in [4.69, 9.17) is 14.2 Å². The number of anilines is 1. The van der Waals surface area contributed by atoms with Gasteiger partial charge in [-0.2, -0.15) is 0 Å². The number of hydrogen-bond acceptors (Lipinski definition) is 5. The highest BCUT2D eigenvalue weighted by Crippen LogP contribution is 2.40. The number of urea groups is 1. The van der Waals surface area contributed by atoms with Crippen molar-refractivity contribution in [1.29, 1.82) is 0 Å². The van der Waals surface area contributed by atoms with Crippen LogP contribution in [0.15, 0.2) is 42.5 Å². The minimum absolute atomic E-state index is 0.252. The summed E-state index contributed by atoms with van der Waals surface area (Å²) >= 11 is 0. The smallest absolute Gasteiger partial charge is 0.344 e. The van der Waals surface area contributed by atoms with Crippen molar-refractivity contribution in [3.8, 4) is 11.5 Å². The van der Waals surface area contributed by atoms with Crippen molar-refractivity contribution in [3.63, 3.8) is 0 Å². The monoisotopic (exact) mass is 328 g/mol. The van der Waals surface area contributed by atoms with E-state index in [9.17, 15) is 9.59 Å². The summed E-state index contributed by atoms with van der Waals surface area (Å²) in [6, 6.07) is 11.8. The molecule has 0 bridgehead atoms. The maximum absolute atomic E-state index is 12.1. The van der Waals surface area contributed by atoms with Crippen LogP contribution in [-0.2, 0) is 4.74 Å². The molecule has 1 heterocycles. The van der Waals surface area contributed by atoms with Crippen LogP contribution in [0.25, 0.3) is 0 Å². The van der Waals surface area contributed by atoms with Gasteiger partial charge in [0.15, 0.2) is 11.5 Å². The molecule has 7 heteroatoms.